The minimum Gasteiger partial charge on any atom is -0.393 e. The van der Waals surface area contributed by atoms with Crippen molar-refractivity contribution in [1.82, 2.24) is 0 Å². The molecule has 0 aromatic heterocycles. The lowest BCUT2D eigenvalue weighted by Gasteiger charge is -2.33. The van der Waals surface area contributed by atoms with E-state index in [-0.39, 0.29) is 5.92 Å². The van der Waals surface area contributed by atoms with Crippen LogP contribution < -0.4 is 5.19 Å². The largest absolute Gasteiger partial charge is 0.424 e. The summed E-state index contributed by atoms with van der Waals surface area (Å²) in [7, 11) is -2.59. The molecule has 0 bridgehead atoms. The lowest BCUT2D eigenvalue weighted by molar-refractivity contribution is -0.203. The van der Waals surface area contributed by atoms with Crippen molar-refractivity contribution >= 4 is 13.5 Å². The Bertz CT molecular complexity index is 546. The number of benzene rings is 1. The van der Waals surface area contributed by atoms with Gasteiger partial charge in [-0.3, -0.25) is 0 Å². The third kappa shape index (κ3) is 2.23. The summed E-state index contributed by atoms with van der Waals surface area (Å²) in [6.07, 6.45) is -1.33. The van der Waals surface area contributed by atoms with Gasteiger partial charge in [0.1, 0.15) is 0 Å². The van der Waals surface area contributed by atoms with Crippen molar-refractivity contribution in [2.24, 2.45) is 5.92 Å². The first-order valence-electron chi connectivity index (χ1n) is 6.82. The van der Waals surface area contributed by atoms with Gasteiger partial charge in [0, 0.05) is 0 Å². The van der Waals surface area contributed by atoms with Gasteiger partial charge in [-0.15, -0.1) is 0 Å². The van der Waals surface area contributed by atoms with Crippen LogP contribution in [0.15, 0.2) is 42.0 Å². The Morgan fingerprint density at radius 3 is 2.25 bits per heavy atom. The molecule has 0 aliphatic heterocycles. The van der Waals surface area contributed by atoms with E-state index in [0.29, 0.717) is 5.57 Å². The molecule has 3 rings (SSSR count). The molecule has 1 saturated carbocycles. The van der Waals surface area contributed by atoms with Crippen molar-refractivity contribution in [3.8, 4) is 0 Å². The van der Waals surface area contributed by atoms with Crippen LogP contribution in [0.1, 0.15) is 12.8 Å². The normalized spacial score (nSPS) is 26.4. The predicted molar refractivity (Wildman–Crippen MR) is 74.2 cm³/mol. The van der Waals surface area contributed by atoms with E-state index in [1.54, 1.807) is 0 Å². The maximum atomic E-state index is 13.4. The Morgan fingerprint density at radius 2 is 1.75 bits per heavy atom. The van der Waals surface area contributed by atoms with Gasteiger partial charge in [0.05, 0.1) is 0 Å². The Labute approximate surface area is 117 Å². The summed E-state index contributed by atoms with van der Waals surface area (Å²) in [5.41, 5.74) is -1.61. The third-order valence-electron chi connectivity index (χ3n) is 4.03. The highest BCUT2D eigenvalue weighted by Gasteiger charge is 2.69. The van der Waals surface area contributed by atoms with Gasteiger partial charge >= 0.3 is 6.18 Å². The molecule has 108 valence electrons. The van der Waals surface area contributed by atoms with Crippen molar-refractivity contribution in [3.05, 3.63) is 42.0 Å². The quantitative estimate of drug-likeness (QED) is 0.607. The second-order valence-electron chi connectivity index (χ2n) is 6.09. The summed E-state index contributed by atoms with van der Waals surface area (Å²) in [4.78, 5) is 0. The average molecular weight is 298 g/mol. The van der Waals surface area contributed by atoms with E-state index in [1.807, 2.05) is 43.4 Å². The van der Waals surface area contributed by atoms with Crippen LogP contribution in [-0.4, -0.2) is 20.1 Å². The molecule has 0 spiro atoms. The SMILES string of the molecule is C[Si](C)(OC1(C(F)(F)F)C=C1C1CC1)c1ccccc1. The minimum atomic E-state index is -4.34. The van der Waals surface area contributed by atoms with E-state index < -0.39 is 20.1 Å². The summed E-state index contributed by atoms with van der Waals surface area (Å²) in [6, 6.07) is 9.26. The molecule has 1 aromatic carbocycles. The van der Waals surface area contributed by atoms with E-state index in [4.69, 9.17) is 4.43 Å². The molecule has 0 radical (unpaired) electrons. The van der Waals surface area contributed by atoms with Crippen molar-refractivity contribution < 1.29 is 17.6 Å². The monoisotopic (exact) mass is 298 g/mol. The maximum Gasteiger partial charge on any atom is 0.424 e. The molecule has 20 heavy (non-hydrogen) atoms. The first-order valence-corrected chi connectivity index (χ1v) is 9.73. The lowest BCUT2D eigenvalue weighted by atomic mass is 10.1. The van der Waals surface area contributed by atoms with Crippen LogP contribution >= 0.6 is 0 Å². The van der Waals surface area contributed by atoms with Crippen molar-refractivity contribution in [2.75, 3.05) is 0 Å². The smallest absolute Gasteiger partial charge is 0.393 e. The Kier molecular flexibility index (Phi) is 2.92. The number of rotatable bonds is 4. The molecule has 1 aromatic rings. The van der Waals surface area contributed by atoms with Crippen LogP contribution in [0, 0.1) is 5.92 Å². The topological polar surface area (TPSA) is 9.23 Å². The third-order valence-corrected chi connectivity index (χ3v) is 6.58. The molecule has 2 aliphatic carbocycles. The molecule has 1 nitrogen and oxygen atoms in total. The highest BCUT2D eigenvalue weighted by Crippen LogP contribution is 2.60. The molecular formula is C15H17F3OSi. The highest BCUT2D eigenvalue weighted by atomic mass is 28.4. The molecule has 1 unspecified atom stereocenters. The molecule has 1 fully saturated rings. The fourth-order valence-electron chi connectivity index (χ4n) is 2.69. The average Bonchev–Trinajstić information content (AvgIpc) is 3.21. The number of halogens is 3. The lowest BCUT2D eigenvalue weighted by Crippen LogP contribution is -2.53. The van der Waals surface area contributed by atoms with Crippen molar-refractivity contribution in [1.29, 1.82) is 0 Å². The molecule has 2 aliphatic rings. The molecule has 5 heteroatoms. The number of hydrogen-bond donors (Lipinski definition) is 0. The summed E-state index contributed by atoms with van der Waals surface area (Å²) in [5, 5.41) is 0.888. The zero-order valence-electron chi connectivity index (χ0n) is 11.5. The van der Waals surface area contributed by atoms with Gasteiger partial charge in [0.2, 0.25) is 8.32 Å². The Hall–Kier alpha value is -1.07. The van der Waals surface area contributed by atoms with Gasteiger partial charge in [-0.1, -0.05) is 30.3 Å². The van der Waals surface area contributed by atoms with Crippen molar-refractivity contribution in [3.63, 3.8) is 0 Å². The van der Waals surface area contributed by atoms with E-state index in [0.717, 1.165) is 18.0 Å². The standard InChI is InChI=1S/C15H17F3OSi/c1-20(2,12-6-4-3-5-7-12)19-14(15(16,17)18)10-13(14)11-8-9-11/h3-7,10-11H,8-9H2,1-2H3. The first-order chi connectivity index (χ1) is 9.26. The van der Waals surface area contributed by atoms with Gasteiger partial charge in [-0.25, -0.2) is 0 Å². The molecule has 0 heterocycles. The number of hydrogen-bond acceptors (Lipinski definition) is 1. The van der Waals surface area contributed by atoms with Crippen molar-refractivity contribution in [2.45, 2.75) is 37.7 Å². The minimum absolute atomic E-state index is 0.0946. The summed E-state index contributed by atoms with van der Waals surface area (Å²) < 4.78 is 46.0. The van der Waals surface area contributed by atoms with Gasteiger partial charge in [-0.05, 0) is 48.7 Å². The van der Waals surface area contributed by atoms with Gasteiger partial charge in [0.25, 0.3) is 0 Å². The predicted octanol–water partition coefficient (Wildman–Crippen LogP) is 3.77. The second-order valence-corrected chi connectivity index (χ2v) is 9.89. The van der Waals surface area contributed by atoms with E-state index >= 15 is 0 Å². The number of alkyl halides is 3. The Morgan fingerprint density at radius 1 is 1.15 bits per heavy atom. The van der Waals surface area contributed by atoms with E-state index in [9.17, 15) is 13.2 Å². The van der Waals surface area contributed by atoms with Crippen LogP contribution in [0.3, 0.4) is 0 Å². The first kappa shape index (κ1) is 13.9. The van der Waals surface area contributed by atoms with E-state index in [1.165, 1.54) is 6.08 Å². The van der Waals surface area contributed by atoms with Crippen LogP contribution in [0.5, 0.6) is 0 Å². The van der Waals surface area contributed by atoms with Crippen LogP contribution in [-0.2, 0) is 4.43 Å². The zero-order valence-corrected chi connectivity index (χ0v) is 12.5. The summed E-state index contributed by atoms with van der Waals surface area (Å²) in [5.74, 6) is 0.0946. The fraction of sp³-hybridized carbons (Fsp3) is 0.467. The molecular weight excluding hydrogens is 281 g/mol. The molecule has 0 amide bonds. The summed E-state index contributed by atoms with van der Waals surface area (Å²) >= 11 is 0. The summed E-state index contributed by atoms with van der Waals surface area (Å²) in [6.45, 7) is 3.65. The maximum absolute atomic E-state index is 13.4. The van der Waals surface area contributed by atoms with Crippen LogP contribution in [0.4, 0.5) is 13.2 Å². The van der Waals surface area contributed by atoms with Gasteiger partial charge in [0.15, 0.2) is 5.60 Å². The highest BCUT2D eigenvalue weighted by molar-refractivity contribution is 6.84. The Balaban J connectivity index is 1.85. The van der Waals surface area contributed by atoms with Crippen LogP contribution in [0.25, 0.3) is 0 Å². The second kappa shape index (κ2) is 4.21. The van der Waals surface area contributed by atoms with E-state index in [2.05, 4.69) is 0 Å². The molecule has 1 atom stereocenters. The fourth-order valence-corrected chi connectivity index (χ4v) is 4.90. The van der Waals surface area contributed by atoms with Crippen LogP contribution in [0.2, 0.25) is 13.1 Å². The molecule has 0 saturated heterocycles. The molecule has 0 N–H and O–H groups in total. The zero-order chi connectivity index (χ0) is 14.6. The van der Waals surface area contributed by atoms with Gasteiger partial charge in [-0.2, -0.15) is 13.2 Å². The van der Waals surface area contributed by atoms with Gasteiger partial charge < -0.3 is 4.43 Å².